The molecule has 0 spiro atoms. The average molecular weight is 660 g/mol. The van der Waals surface area contributed by atoms with Crippen LogP contribution in [0, 0.1) is 0 Å². The van der Waals surface area contributed by atoms with E-state index in [-0.39, 0.29) is 10.8 Å². The van der Waals surface area contributed by atoms with Crippen molar-refractivity contribution in [2.45, 2.75) is 38.5 Å². The first-order valence-corrected chi connectivity index (χ1v) is 18.4. The molecule has 2 aliphatic rings. The Kier molecular flexibility index (Phi) is 6.21. The fourth-order valence-electron chi connectivity index (χ4n) is 8.89. The second-order valence-electron chi connectivity index (χ2n) is 15.0. The molecule has 2 aliphatic carbocycles. The van der Waals surface area contributed by atoms with Gasteiger partial charge in [-0.25, -0.2) is 0 Å². The van der Waals surface area contributed by atoms with Gasteiger partial charge in [0.25, 0.3) is 0 Å². The summed E-state index contributed by atoms with van der Waals surface area (Å²) in [5.74, 6) is 0. The van der Waals surface area contributed by atoms with Gasteiger partial charge < -0.3 is 4.90 Å². The van der Waals surface area contributed by atoms with Gasteiger partial charge in [0.2, 0.25) is 0 Å². The quantitative estimate of drug-likeness (QED) is 0.182. The van der Waals surface area contributed by atoms with Gasteiger partial charge >= 0.3 is 0 Å². The van der Waals surface area contributed by atoms with E-state index in [1.54, 1.807) is 0 Å². The van der Waals surface area contributed by atoms with Crippen molar-refractivity contribution in [3.8, 4) is 33.4 Å². The fraction of sp³-hybridized carbons (Fsp3) is 0.125. The van der Waals surface area contributed by atoms with Gasteiger partial charge in [-0.1, -0.05) is 137 Å². The molecule has 8 aromatic rings. The molecular formula is C48H37NS. The standard InChI is InChI=1S/C48H37NS/c1-47(2)40-16-9-6-14-38(40)46-41(47)17-11-18-43(46)49(33-25-27-35-34-12-5-8-15-39(34)48(3,4)42(35)29-33)32-23-20-30(21-24-32)31-22-26-37-36-13-7-10-19-44(36)50-45(37)28-31/h5-29H,1-4H3. The number of rotatable bonds is 4. The number of benzene rings is 7. The molecule has 0 N–H and O–H groups in total. The molecule has 0 saturated carbocycles. The number of thiophene rings is 1. The van der Waals surface area contributed by atoms with Gasteiger partial charge in [-0.05, 0) is 92.5 Å². The summed E-state index contributed by atoms with van der Waals surface area (Å²) in [7, 11) is 0. The lowest BCUT2D eigenvalue weighted by Gasteiger charge is -2.30. The molecule has 0 fully saturated rings. The van der Waals surface area contributed by atoms with Gasteiger partial charge in [-0.3, -0.25) is 0 Å². The van der Waals surface area contributed by atoms with Crippen LogP contribution in [0.25, 0.3) is 53.6 Å². The third kappa shape index (κ3) is 4.12. The summed E-state index contributed by atoms with van der Waals surface area (Å²) in [6.45, 7) is 9.46. The van der Waals surface area contributed by atoms with E-state index >= 15 is 0 Å². The first kappa shape index (κ1) is 29.5. The molecule has 240 valence electrons. The Balaban J connectivity index is 1.15. The number of nitrogens with zero attached hydrogens (tertiary/aromatic N) is 1. The molecule has 1 nitrogen and oxygen atoms in total. The first-order chi connectivity index (χ1) is 24.3. The maximum absolute atomic E-state index is 2.50. The molecule has 1 aromatic heterocycles. The molecule has 0 amide bonds. The van der Waals surface area contributed by atoms with Gasteiger partial charge in [-0.2, -0.15) is 0 Å². The van der Waals surface area contributed by atoms with Crippen molar-refractivity contribution in [2.75, 3.05) is 4.90 Å². The molecular weight excluding hydrogens is 623 g/mol. The van der Waals surface area contributed by atoms with Crippen molar-refractivity contribution < 1.29 is 0 Å². The molecule has 0 aliphatic heterocycles. The van der Waals surface area contributed by atoms with E-state index in [9.17, 15) is 0 Å². The molecule has 7 aromatic carbocycles. The normalized spacial score (nSPS) is 14.7. The van der Waals surface area contributed by atoms with E-state index < -0.39 is 0 Å². The van der Waals surface area contributed by atoms with Gasteiger partial charge in [0.1, 0.15) is 0 Å². The third-order valence-corrected chi connectivity index (χ3v) is 12.6. The summed E-state index contributed by atoms with van der Waals surface area (Å²) < 4.78 is 2.67. The first-order valence-electron chi connectivity index (χ1n) is 17.6. The van der Waals surface area contributed by atoms with Crippen molar-refractivity contribution in [3.05, 3.63) is 174 Å². The van der Waals surface area contributed by atoms with Gasteiger partial charge in [-0.15, -0.1) is 11.3 Å². The minimum atomic E-state index is -0.0874. The largest absolute Gasteiger partial charge is 0.310 e. The second-order valence-corrected chi connectivity index (χ2v) is 16.0. The smallest absolute Gasteiger partial charge is 0.0543 e. The Morgan fingerprint density at radius 2 is 1.02 bits per heavy atom. The topological polar surface area (TPSA) is 3.24 Å². The van der Waals surface area contributed by atoms with Crippen LogP contribution in [0.15, 0.2) is 152 Å². The van der Waals surface area contributed by atoms with Gasteiger partial charge in [0.05, 0.1) is 5.69 Å². The van der Waals surface area contributed by atoms with Crippen LogP contribution in [0.5, 0.6) is 0 Å². The monoisotopic (exact) mass is 659 g/mol. The van der Waals surface area contributed by atoms with Crippen LogP contribution in [-0.2, 0) is 10.8 Å². The Morgan fingerprint density at radius 1 is 0.420 bits per heavy atom. The molecule has 1 heterocycles. The highest BCUT2D eigenvalue weighted by atomic mass is 32.1. The van der Waals surface area contributed by atoms with Gasteiger partial charge in [0.15, 0.2) is 0 Å². The molecule has 2 heteroatoms. The van der Waals surface area contributed by atoms with Crippen molar-refractivity contribution in [2.24, 2.45) is 0 Å². The highest BCUT2D eigenvalue weighted by Gasteiger charge is 2.39. The molecule has 50 heavy (non-hydrogen) atoms. The number of fused-ring (bicyclic) bond motifs is 9. The van der Waals surface area contributed by atoms with Crippen LogP contribution in [0.3, 0.4) is 0 Å². The van der Waals surface area contributed by atoms with Crippen LogP contribution in [0.4, 0.5) is 17.1 Å². The predicted octanol–water partition coefficient (Wildman–Crippen LogP) is 13.8. The molecule has 0 bridgehead atoms. The number of hydrogen-bond acceptors (Lipinski definition) is 2. The zero-order chi connectivity index (χ0) is 33.8. The molecule has 0 saturated heterocycles. The minimum absolute atomic E-state index is 0.0791. The summed E-state index contributed by atoms with van der Waals surface area (Å²) >= 11 is 1.88. The minimum Gasteiger partial charge on any atom is -0.310 e. The second kappa shape index (κ2) is 10.5. The Labute approximate surface area is 298 Å². The van der Waals surface area contributed by atoms with E-state index in [1.165, 1.54) is 87.2 Å². The molecule has 0 radical (unpaired) electrons. The van der Waals surface area contributed by atoms with Crippen molar-refractivity contribution in [3.63, 3.8) is 0 Å². The van der Waals surface area contributed by atoms with Gasteiger partial charge in [0, 0.05) is 47.9 Å². The lowest BCUT2D eigenvalue weighted by atomic mass is 9.82. The predicted molar refractivity (Wildman–Crippen MR) is 215 cm³/mol. The summed E-state index contributed by atoms with van der Waals surface area (Å²) in [6, 6.07) is 56.7. The SMILES string of the molecule is CC1(C)c2ccccc2-c2ccc(N(c3ccc(-c4ccc5c(c4)sc4ccccc45)cc3)c3cccc4c3-c3ccccc3C4(C)C)cc21. The zero-order valence-corrected chi connectivity index (χ0v) is 29.6. The lowest BCUT2D eigenvalue weighted by molar-refractivity contribution is 0.660. The number of anilines is 3. The fourth-order valence-corrected chi connectivity index (χ4v) is 10.0. The third-order valence-electron chi connectivity index (χ3n) is 11.5. The Bertz CT molecular complexity index is 2650. The van der Waals surface area contributed by atoms with Crippen LogP contribution in [0.1, 0.15) is 49.9 Å². The highest BCUT2D eigenvalue weighted by Crippen LogP contribution is 2.55. The van der Waals surface area contributed by atoms with Crippen LogP contribution < -0.4 is 4.90 Å². The Morgan fingerprint density at radius 3 is 1.84 bits per heavy atom. The summed E-state index contributed by atoms with van der Waals surface area (Å²) in [4.78, 5) is 2.50. The summed E-state index contributed by atoms with van der Waals surface area (Å²) in [5.41, 5.74) is 16.7. The average Bonchev–Trinajstić information content (AvgIpc) is 3.72. The molecule has 10 rings (SSSR count). The van der Waals surface area contributed by atoms with Crippen molar-refractivity contribution in [1.82, 2.24) is 0 Å². The zero-order valence-electron chi connectivity index (χ0n) is 28.8. The van der Waals surface area contributed by atoms with E-state index in [0.717, 1.165) is 5.69 Å². The van der Waals surface area contributed by atoms with Crippen LogP contribution in [-0.4, -0.2) is 0 Å². The van der Waals surface area contributed by atoms with E-state index in [2.05, 4.69) is 184 Å². The van der Waals surface area contributed by atoms with Crippen molar-refractivity contribution >= 4 is 48.6 Å². The maximum atomic E-state index is 2.50. The van der Waals surface area contributed by atoms with E-state index in [0.29, 0.717) is 0 Å². The lowest BCUT2D eigenvalue weighted by Crippen LogP contribution is -2.17. The molecule has 0 unspecified atom stereocenters. The van der Waals surface area contributed by atoms with Crippen LogP contribution >= 0.6 is 11.3 Å². The van der Waals surface area contributed by atoms with E-state index in [4.69, 9.17) is 0 Å². The maximum Gasteiger partial charge on any atom is 0.0543 e. The summed E-state index contributed by atoms with van der Waals surface area (Å²) in [6.07, 6.45) is 0. The van der Waals surface area contributed by atoms with E-state index in [1.807, 2.05) is 11.3 Å². The Hall–Kier alpha value is -5.44. The number of hydrogen-bond donors (Lipinski definition) is 0. The van der Waals surface area contributed by atoms with Crippen LogP contribution in [0.2, 0.25) is 0 Å². The summed E-state index contributed by atoms with van der Waals surface area (Å²) in [5, 5.41) is 2.67. The molecule has 0 atom stereocenters. The van der Waals surface area contributed by atoms with Crippen molar-refractivity contribution in [1.29, 1.82) is 0 Å². The highest BCUT2D eigenvalue weighted by molar-refractivity contribution is 7.25.